The third kappa shape index (κ3) is 4.59. The number of nitrogens with two attached hydrogens (primary N) is 1. The van der Waals surface area contributed by atoms with Crippen LogP contribution in [0.25, 0.3) is 0 Å². The zero-order chi connectivity index (χ0) is 11.5. The summed E-state index contributed by atoms with van der Waals surface area (Å²) in [6, 6.07) is 6.43. The van der Waals surface area contributed by atoms with Crippen molar-refractivity contribution in [3.63, 3.8) is 0 Å². The van der Waals surface area contributed by atoms with E-state index in [1.807, 2.05) is 4.72 Å². The van der Waals surface area contributed by atoms with Crippen molar-refractivity contribution >= 4 is 21.8 Å². The number of benzene rings is 1. The molecule has 0 radical (unpaired) electrons. The maximum absolute atomic E-state index is 10.6. The van der Waals surface area contributed by atoms with Crippen LogP contribution in [0.5, 0.6) is 0 Å². The van der Waals surface area contributed by atoms with Crippen molar-refractivity contribution in [3.05, 3.63) is 34.9 Å². The van der Waals surface area contributed by atoms with Crippen molar-refractivity contribution in [2.24, 2.45) is 5.14 Å². The molecular weight excluding hydrogens is 240 g/mol. The van der Waals surface area contributed by atoms with E-state index in [9.17, 15) is 13.5 Å². The van der Waals surface area contributed by atoms with Gasteiger partial charge in [0.05, 0.1) is 6.10 Å². The Morgan fingerprint density at radius 1 is 1.40 bits per heavy atom. The fourth-order valence-corrected chi connectivity index (χ4v) is 1.51. The van der Waals surface area contributed by atoms with Gasteiger partial charge in [-0.15, -0.1) is 0 Å². The van der Waals surface area contributed by atoms with E-state index in [2.05, 4.69) is 0 Å². The van der Waals surface area contributed by atoms with Gasteiger partial charge >= 0.3 is 0 Å². The highest BCUT2D eigenvalue weighted by Crippen LogP contribution is 2.15. The van der Waals surface area contributed by atoms with Crippen LogP contribution in [0.2, 0.25) is 5.02 Å². The average molecular weight is 251 g/mol. The van der Waals surface area contributed by atoms with Crippen LogP contribution in [0, 0.1) is 0 Å². The molecule has 0 fully saturated rings. The summed E-state index contributed by atoms with van der Waals surface area (Å²) in [5, 5.41) is 14.8. The second-order valence-electron chi connectivity index (χ2n) is 2.96. The standard InChI is InChI=1S/C8H11ClN2O3S/c9-7-3-1-6(2-4-7)8(12)5-11-15(10,13)14/h1-4,8,11-12H,5H2,(H2,10,13,14). The van der Waals surface area contributed by atoms with Crippen molar-refractivity contribution in [1.82, 2.24) is 4.72 Å². The van der Waals surface area contributed by atoms with E-state index in [0.717, 1.165) is 0 Å². The Balaban J connectivity index is 2.61. The largest absolute Gasteiger partial charge is 0.387 e. The molecule has 1 aromatic carbocycles. The molecule has 0 aliphatic carbocycles. The molecule has 0 spiro atoms. The lowest BCUT2D eigenvalue weighted by molar-refractivity contribution is 0.182. The lowest BCUT2D eigenvalue weighted by Gasteiger charge is -2.10. The number of hydrogen-bond donors (Lipinski definition) is 3. The summed E-state index contributed by atoms with van der Waals surface area (Å²) >= 11 is 5.65. The first-order chi connectivity index (χ1) is 6.88. The minimum absolute atomic E-state index is 0.166. The van der Waals surface area contributed by atoms with Crippen LogP contribution in [0.3, 0.4) is 0 Å². The maximum atomic E-state index is 10.6. The topological polar surface area (TPSA) is 92.4 Å². The highest BCUT2D eigenvalue weighted by Gasteiger charge is 2.10. The summed E-state index contributed by atoms with van der Waals surface area (Å²) in [5.41, 5.74) is 0.565. The first-order valence-corrected chi connectivity index (χ1v) is 6.02. The van der Waals surface area contributed by atoms with Crippen LogP contribution in [0.1, 0.15) is 11.7 Å². The van der Waals surface area contributed by atoms with Gasteiger partial charge in [-0.1, -0.05) is 23.7 Å². The smallest absolute Gasteiger partial charge is 0.274 e. The van der Waals surface area contributed by atoms with Gasteiger partial charge in [0.25, 0.3) is 10.2 Å². The van der Waals surface area contributed by atoms with Gasteiger partial charge < -0.3 is 5.11 Å². The Kier molecular flexibility index (Phi) is 4.06. The molecule has 0 heterocycles. The molecule has 7 heteroatoms. The minimum Gasteiger partial charge on any atom is -0.387 e. The van der Waals surface area contributed by atoms with Gasteiger partial charge in [0, 0.05) is 11.6 Å². The van der Waals surface area contributed by atoms with Crippen LogP contribution >= 0.6 is 11.6 Å². The molecule has 5 nitrogen and oxygen atoms in total. The second-order valence-corrected chi connectivity index (χ2v) is 4.78. The lowest BCUT2D eigenvalue weighted by Crippen LogP contribution is -2.34. The van der Waals surface area contributed by atoms with Gasteiger partial charge in [-0.25, -0.2) is 5.14 Å². The Morgan fingerprint density at radius 3 is 2.40 bits per heavy atom. The number of halogens is 1. The number of aliphatic hydroxyl groups is 1. The Bertz CT molecular complexity index is 418. The summed E-state index contributed by atoms with van der Waals surface area (Å²) < 4.78 is 23.1. The molecule has 1 atom stereocenters. The fourth-order valence-electron chi connectivity index (χ4n) is 0.998. The van der Waals surface area contributed by atoms with Crippen molar-refractivity contribution < 1.29 is 13.5 Å². The minimum atomic E-state index is -3.77. The molecule has 0 aromatic heterocycles. The van der Waals surface area contributed by atoms with Gasteiger partial charge in [0.2, 0.25) is 0 Å². The van der Waals surface area contributed by atoms with Crippen LogP contribution < -0.4 is 9.86 Å². The van der Waals surface area contributed by atoms with Crippen molar-refractivity contribution in [2.75, 3.05) is 6.54 Å². The lowest BCUT2D eigenvalue weighted by atomic mass is 10.1. The molecular formula is C8H11ClN2O3S. The first kappa shape index (κ1) is 12.4. The van der Waals surface area contributed by atoms with Gasteiger partial charge in [-0.3, -0.25) is 0 Å². The van der Waals surface area contributed by atoms with Gasteiger partial charge in [-0.05, 0) is 17.7 Å². The van der Waals surface area contributed by atoms with E-state index < -0.39 is 16.3 Å². The maximum Gasteiger partial charge on any atom is 0.274 e. The Morgan fingerprint density at radius 2 is 1.93 bits per heavy atom. The normalized spacial score (nSPS) is 13.8. The molecule has 1 rings (SSSR count). The summed E-state index contributed by atoms with van der Waals surface area (Å²) in [6.45, 7) is -0.166. The summed E-state index contributed by atoms with van der Waals surface area (Å²) in [4.78, 5) is 0. The quantitative estimate of drug-likeness (QED) is 0.711. The zero-order valence-electron chi connectivity index (χ0n) is 7.72. The van der Waals surface area contributed by atoms with E-state index in [1.54, 1.807) is 24.3 Å². The van der Waals surface area contributed by atoms with Crippen molar-refractivity contribution in [1.29, 1.82) is 0 Å². The third-order valence-electron chi connectivity index (χ3n) is 1.73. The molecule has 0 aliphatic heterocycles. The van der Waals surface area contributed by atoms with Gasteiger partial charge in [-0.2, -0.15) is 13.1 Å². The molecule has 15 heavy (non-hydrogen) atoms. The summed E-state index contributed by atoms with van der Waals surface area (Å²) in [7, 11) is -3.77. The molecule has 4 N–H and O–H groups in total. The van der Waals surface area contributed by atoms with E-state index in [-0.39, 0.29) is 6.54 Å². The molecule has 84 valence electrons. The van der Waals surface area contributed by atoms with E-state index in [4.69, 9.17) is 16.7 Å². The second kappa shape index (κ2) is 4.91. The van der Waals surface area contributed by atoms with E-state index >= 15 is 0 Å². The zero-order valence-corrected chi connectivity index (χ0v) is 9.29. The van der Waals surface area contributed by atoms with Gasteiger partial charge in [0.15, 0.2) is 0 Å². The van der Waals surface area contributed by atoms with Gasteiger partial charge in [0.1, 0.15) is 0 Å². The van der Waals surface area contributed by atoms with Crippen molar-refractivity contribution in [3.8, 4) is 0 Å². The highest BCUT2D eigenvalue weighted by atomic mass is 35.5. The van der Waals surface area contributed by atoms with Crippen LogP contribution in [0.15, 0.2) is 24.3 Å². The SMILES string of the molecule is NS(=O)(=O)NCC(O)c1ccc(Cl)cc1. The summed E-state index contributed by atoms with van der Waals surface area (Å²) in [5.74, 6) is 0. The van der Waals surface area contributed by atoms with Crippen LogP contribution in [0.4, 0.5) is 0 Å². The number of rotatable bonds is 4. The molecule has 0 aliphatic rings. The highest BCUT2D eigenvalue weighted by molar-refractivity contribution is 7.87. The Hall–Kier alpha value is -0.660. The van der Waals surface area contributed by atoms with E-state index in [1.165, 1.54) is 0 Å². The van der Waals surface area contributed by atoms with Crippen LogP contribution in [-0.2, 0) is 10.2 Å². The molecule has 0 bridgehead atoms. The molecule has 0 saturated heterocycles. The average Bonchev–Trinajstić information content (AvgIpc) is 2.14. The number of nitrogens with one attached hydrogen (secondary N) is 1. The number of hydrogen-bond acceptors (Lipinski definition) is 3. The predicted molar refractivity (Wildman–Crippen MR) is 57.5 cm³/mol. The van der Waals surface area contributed by atoms with Crippen LogP contribution in [-0.4, -0.2) is 20.1 Å². The van der Waals surface area contributed by atoms with Crippen molar-refractivity contribution in [2.45, 2.75) is 6.10 Å². The molecule has 0 saturated carbocycles. The predicted octanol–water partition coefficient (Wildman–Crippen LogP) is 0.167. The molecule has 1 unspecified atom stereocenters. The Labute approximate surface area is 93.0 Å². The fraction of sp³-hybridized carbons (Fsp3) is 0.250. The summed E-state index contributed by atoms with van der Waals surface area (Å²) in [6.07, 6.45) is -0.944. The monoisotopic (exact) mass is 250 g/mol. The molecule has 1 aromatic rings. The first-order valence-electron chi connectivity index (χ1n) is 4.09. The third-order valence-corrected chi connectivity index (χ3v) is 2.55. The molecule has 0 amide bonds. The number of aliphatic hydroxyl groups excluding tert-OH is 1. The van der Waals surface area contributed by atoms with E-state index in [0.29, 0.717) is 10.6 Å².